The zero-order valence-electron chi connectivity index (χ0n) is 6.92. The number of methoxy groups -OCH3 is 1. The van der Waals surface area contributed by atoms with E-state index in [2.05, 4.69) is 10.1 Å². The van der Waals surface area contributed by atoms with Crippen molar-refractivity contribution in [1.29, 1.82) is 0 Å². The number of nitrogens with one attached hydrogen (secondary N) is 1. The van der Waals surface area contributed by atoms with Crippen molar-refractivity contribution in [3.05, 3.63) is 0 Å². The Morgan fingerprint density at radius 1 is 1.75 bits per heavy atom. The van der Waals surface area contributed by atoms with Crippen LogP contribution < -0.4 is 5.32 Å². The summed E-state index contributed by atoms with van der Waals surface area (Å²) in [6.07, 6.45) is 1.99. The molecule has 2 aliphatic heterocycles. The lowest BCUT2D eigenvalue weighted by atomic mass is 9.87. The molecule has 12 heavy (non-hydrogen) atoms. The van der Waals surface area contributed by atoms with Crippen molar-refractivity contribution < 1.29 is 14.3 Å². The van der Waals surface area contributed by atoms with Crippen LogP contribution in [-0.4, -0.2) is 30.4 Å². The van der Waals surface area contributed by atoms with Crippen LogP contribution in [0.15, 0.2) is 0 Å². The lowest BCUT2D eigenvalue weighted by molar-refractivity contribution is -0.151. The Balaban J connectivity index is 2.29. The van der Waals surface area contributed by atoms with Crippen molar-refractivity contribution in [2.75, 3.05) is 7.11 Å². The summed E-state index contributed by atoms with van der Waals surface area (Å²) in [5.41, 5.74) is -0.973. The van der Waals surface area contributed by atoms with E-state index in [1.165, 1.54) is 7.11 Å². The molecule has 0 amide bonds. The van der Waals surface area contributed by atoms with Crippen LogP contribution >= 0.6 is 0 Å². The van der Waals surface area contributed by atoms with E-state index >= 15 is 0 Å². The molecule has 2 heterocycles. The van der Waals surface area contributed by atoms with E-state index in [1.807, 2.05) is 0 Å². The molecule has 0 spiro atoms. The van der Waals surface area contributed by atoms with Crippen LogP contribution in [0, 0.1) is 0 Å². The summed E-state index contributed by atoms with van der Waals surface area (Å²) in [4.78, 5) is 22.7. The standard InChI is InChI=1S/C8H11NO3/c1-12-7(11)8-3-2-5(9-8)4-6(8)10/h5,9H,2-4H2,1H3. The zero-order chi connectivity index (χ0) is 8.77. The number of Topliss-reactive ketones (excluding diaryl/α,β-unsaturated/α-hetero) is 1. The first-order valence-electron chi connectivity index (χ1n) is 4.08. The van der Waals surface area contributed by atoms with Crippen molar-refractivity contribution >= 4 is 11.8 Å². The zero-order valence-corrected chi connectivity index (χ0v) is 6.92. The molecule has 4 heteroatoms. The van der Waals surface area contributed by atoms with E-state index < -0.39 is 11.5 Å². The first-order chi connectivity index (χ1) is 5.69. The third kappa shape index (κ3) is 0.756. The lowest BCUT2D eigenvalue weighted by Crippen LogP contribution is -2.50. The van der Waals surface area contributed by atoms with Gasteiger partial charge in [-0.1, -0.05) is 0 Å². The quantitative estimate of drug-likeness (QED) is 0.429. The third-order valence-electron chi connectivity index (χ3n) is 2.76. The number of ketones is 1. The Morgan fingerprint density at radius 3 is 2.92 bits per heavy atom. The van der Waals surface area contributed by atoms with Crippen LogP contribution in [0.1, 0.15) is 19.3 Å². The summed E-state index contributed by atoms with van der Waals surface area (Å²) >= 11 is 0. The number of ether oxygens (including phenoxy) is 1. The van der Waals surface area contributed by atoms with Crippen molar-refractivity contribution in [3.8, 4) is 0 Å². The molecule has 2 atom stereocenters. The fourth-order valence-electron chi connectivity index (χ4n) is 2.10. The molecule has 2 saturated heterocycles. The Morgan fingerprint density at radius 2 is 2.50 bits per heavy atom. The minimum atomic E-state index is -0.973. The molecule has 0 saturated carbocycles. The van der Waals surface area contributed by atoms with Gasteiger partial charge in [-0.2, -0.15) is 0 Å². The second-order valence-electron chi connectivity index (χ2n) is 3.40. The number of fused-ring (bicyclic) bond motifs is 2. The highest BCUT2D eigenvalue weighted by atomic mass is 16.5. The van der Waals surface area contributed by atoms with Gasteiger partial charge in [-0.05, 0) is 12.8 Å². The molecule has 0 aliphatic carbocycles. The van der Waals surface area contributed by atoms with Crippen LogP contribution in [-0.2, 0) is 14.3 Å². The molecule has 2 bridgehead atoms. The van der Waals surface area contributed by atoms with Gasteiger partial charge in [0, 0.05) is 12.5 Å². The van der Waals surface area contributed by atoms with E-state index in [0.717, 1.165) is 6.42 Å². The van der Waals surface area contributed by atoms with E-state index in [-0.39, 0.29) is 11.8 Å². The first-order valence-corrected chi connectivity index (χ1v) is 4.08. The largest absolute Gasteiger partial charge is 0.467 e. The summed E-state index contributed by atoms with van der Waals surface area (Å²) in [6, 6.07) is 0.205. The Bertz CT molecular complexity index is 251. The Labute approximate surface area is 70.3 Å². The maximum Gasteiger partial charge on any atom is 0.333 e. The van der Waals surface area contributed by atoms with Gasteiger partial charge in [0.2, 0.25) is 0 Å². The average molecular weight is 169 g/mol. The molecule has 2 unspecified atom stereocenters. The molecule has 2 aliphatic rings. The molecular formula is C8H11NO3. The Kier molecular flexibility index (Phi) is 1.48. The maximum absolute atomic E-state index is 11.4. The summed E-state index contributed by atoms with van der Waals surface area (Å²) in [6.45, 7) is 0. The van der Waals surface area contributed by atoms with Gasteiger partial charge < -0.3 is 4.74 Å². The van der Waals surface area contributed by atoms with Gasteiger partial charge in [0.1, 0.15) is 0 Å². The van der Waals surface area contributed by atoms with Crippen LogP contribution in [0.4, 0.5) is 0 Å². The monoisotopic (exact) mass is 169 g/mol. The van der Waals surface area contributed by atoms with Crippen molar-refractivity contribution in [2.45, 2.75) is 30.8 Å². The highest BCUT2D eigenvalue weighted by Crippen LogP contribution is 2.35. The number of esters is 1. The van der Waals surface area contributed by atoms with Gasteiger partial charge in [0.25, 0.3) is 0 Å². The highest BCUT2D eigenvalue weighted by Gasteiger charge is 2.57. The fourth-order valence-corrected chi connectivity index (χ4v) is 2.10. The van der Waals surface area contributed by atoms with E-state index in [0.29, 0.717) is 12.8 Å². The minimum absolute atomic E-state index is 0.00870. The molecule has 2 rings (SSSR count). The van der Waals surface area contributed by atoms with Crippen LogP contribution in [0.5, 0.6) is 0 Å². The predicted molar refractivity (Wildman–Crippen MR) is 40.5 cm³/mol. The summed E-state index contributed by atoms with van der Waals surface area (Å²) < 4.78 is 4.60. The number of rotatable bonds is 1. The molecular weight excluding hydrogens is 158 g/mol. The second-order valence-corrected chi connectivity index (χ2v) is 3.40. The topological polar surface area (TPSA) is 55.4 Å². The van der Waals surface area contributed by atoms with E-state index in [4.69, 9.17) is 0 Å². The molecule has 1 N–H and O–H groups in total. The van der Waals surface area contributed by atoms with Gasteiger partial charge >= 0.3 is 5.97 Å². The number of hydrogen-bond donors (Lipinski definition) is 1. The summed E-state index contributed by atoms with van der Waals surface area (Å²) in [7, 11) is 1.32. The smallest absolute Gasteiger partial charge is 0.333 e. The maximum atomic E-state index is 11.4. The molecule has 66 valence electrons. The van der Waals surface area contributed by atoms with Crippen molar-refractivity contribution in [2.24, 2.45) is 0 Å². The SMILES string of the molecule is COC(=O)C12CCC(CC1=O)N2. The van der Waals surface area contributed by atoms with E-state index in [1.54, 1.807) is 0 Å². The molecule has 2 fully saturated rings. The lowest BCUT2D eigenvalue weighted by Gasteiger charge is -2.20. The summed E-state index contributed by atoms with van der Waals surface area (Å²) in [5, 5.41) is 3.02. The fraction of sp³-hybridized carbons (Fsp3) is 0.750. The van der Waals surface area contributed by atoms with Crippen LogP contribution in [0.2, 0.25) is 0 Å². The van der Waals surface area contributed by atoms with Gasteiger partial charge in [-0.3, -0.25) is 10.1 Å². The summed E-state index contributed by atoms with van der Waals surface area (Å²) in [5.74, 6) is -0.432. The van der Waals surface area contributed by atoms with E-state index in [9.17, 15) is 9.59 Å². The predicted octanol–water partition coefficient (Wildman–Crippen LogP) is -0.377. The van der Waals surface area contributed by atoms with Crippen LogP contribution in [0.3, 0.4) is 0 Å². The van der Waals surface area contributed by atoms with Crippen molar-refractivity contribution in [3.63, 3.8) is 0 Å². The van der Waals surface area contributed by atoms with Gasteiger partial charge in [0.05, 0.1) is 7.11 Å². The van der Waals surface area contributed by atoms with Crippen LogP contribution in [0.25, 0.3) is 0 Å². The highest BCUT2D eigenvalue weighted by molar-refractivity contribution is 6.11. The average Bonchev–Trinajstić information content (AvgIpc) is 2.60. The third-order valence-corrected chi connectivity index (χ3v) is 2.76. The second kappa shape index (κ2) is 2.29. The Hall–Kier alpha value is -0.900. The minimum Gasteiger partial charge on any atom is -0.467 e. The molecule has 0 aromatic rings. The van der Waals surface area contributed by atoms with Gasteiger partial charge in [-0.25, -0.2) is 4.79 Å². The molecule has 4 nitrogen and oxygen atoms in total. The number of carbonyl (C=O) groups excluding carboxylic acids is 2. The number of hydrogen-bond acceptors (Lipinski definition) is 4. The first kappa shape index (κ1) is 7.73. The molecule has 0 aromatic carbocycles. The van der Waals surface area contributed by atoms with Gasteiger partial charge in [0.15, 0.2) is 11.3 Å². The molecule has 0 aromatic heterocycles. The van der Waals surface area contributed by atoms with Gasteiger partial charge in [-0.15, -0.1) is 0 Å². The number of carbonyl (C=O) groups is 2. The normalized spacial score (nSPS) is 38.8. The molecule has 0 radical (unpaired) electrons. The van der Waals surface area contributed by atoms with Crippen molar-refractivity contribution in [1.82, 2.24) is 5.32 Å².